The highest BCUT2D eigenvalue weighted by Crippen LogP contribution is 2.28. The number of likely N-dealkylation sites (tertiary alicyclic amines) is 1. The van der Waals surface area contributed by atoms with Gasteiger partial charge in [-0.25, -0.2) is 0 Å². The van der Waals surface area contributed by atoms with Crippen LogP contribution in [0.3, 0.4) is 0 Å². The van der Waals surface area contributed by atoms with Crippen molar-refractivity contribution in [2.24, 2.45) is 5.92 Å². The van der Waals surface area contributed by atoms with Crippen LogP contribution in [0.15, 0.2) is 30.5 Å². The molecule has 5 heteroatoms. The first-order valence-corrected chi connectivity index (χ1v) is 6.67. The molecule has 1 aromatic carbocycles. The average molecular weight is 272 g/mol. The zero-order chi connectivity index (χ0) is 14.1. The van der Waals surface area contributed by atoms with Gasteiger partial charge in [0.1, 0.15) is 5.75 Å². The fourth-order valence-electron chi connectivity index (χ4n) is 2.68. The van der Waals surface area contributed by atoms with Gasteiger partial charge >= 0.3 is 0 Å². The van der Waals surface area contributed by atoms with Gasteiger partial charge in [0.2, 0.25) is 0 Å². The van der Waals surface area contributed by atoms with Crippen molar-refractivity contribution < 1.29 is 15.0 Å². The number of fused-ring (bicyclic) bond motifs is 1. The molecule has 1 aromatic heterocycles. The van der Waals surface area contributed by atoms with Crippen LogP contribution in [0, 0.1) is 5.92 Å². The van der Waals surface area contributed by atoms with Crippen molar-refractivity contribution in [2.45, 2.75) is 6.42 Å². The fourth-order valence-corrected chi connectivity index (χ4v) is 2.68. The molecule has 5 nitrogen and oxygen atoms in total. The van der Waals surface area contributed by atoms with Crippen molar-refractivity contribution in [1.29, 1.82) is 0 Å². The third-order valence-electron chi connectivity index (χ3n) is 3.80. The van der Waals surface area contributed by atoms with E-state index in [1.807, 2.05) is 18.2 Å². The topological polar surface area (TPSA) is 73.7 Å². The lowest BCUT2D eigenvalue weighted by atomic mass is 10.1. The lowest BCUT2D eigenvalue weighted by molar-refractivity contribution is 0.0781. The number of aliphatic hydroxyl groups excluding tert-OH is 1. The average Bonchev–Trinajstić information content (AvgIpc) is 2.95. The number of benzene rings is 1. The molecule has 1 saturated heterocycles. The lowest BCUT2D eigenvalue weighted by Crippen LogP contribution is -2.29. The molecule has 3 rings (SSSR count). The highest BCUT2D eigenvalue weighted by Gasteiger charge is 2.29. The van der Waals surface area contributed by atoms with Crippen LogP contribution in [0.5, 0.6) is 5.75 Å². The second-order valence-electron chi connectivity index (χ2n) is 5.12. The molecular weight excluding hydrogens is 256 g/mol. The number of pyridine rings is 1. The zero-order valence-corrected chi connectivity index (χ0v) is 11.0. The minimum absolute atomic E-state index is 0.0901. The Morgan fingerprint density at radius 1 is 1.40 bits per heavy atom. The van der Waals surface area contributed by atoms with Crippen molar-refractivity contribution in [3.63, 3.8) is 0 Å². The number of carbonyl (C=O) groups is 1. The fraction of sp³-hybridized carbons (Fsp3) is 0.333. The second kappa shape index (κ2) is 5.09. The van der Waals surface area contributed by atoms with Gasteiger partial charge < -0.3 is 15.1 Å². The van der Waals surface area contributed by atoms with E-state index in [9.17, 15) is 9.90 Å². The second-order valence-corrected chi connectivity index (χ2v) is 5.12. The summed E-state index contributed by atoms with van der Waals surface area (Å²) in [6.07, 6.45) is 2.11. The van der Waals surface area contributed by atoms with Crippen molar-refractivity contribution in [3.8, 4) is 5.75 Å². The van der Waals surface area contributed by atoms with E-state index >= 15 is 0 Å². The number of amides is 1. The van der Waals surface area contributed by atoms with Crippen LogP contribution < -0.4 is 0 Å². The Kier molecular flexibility index (Phi) is 3.28. The molecule has 104 valence electrons. The number of aromatic hydroxyl groups is 1. The highest BCUT2D eigenvalue weighted by molar-refractivity contribution is 6.08. The molecule has 2 aromatic rings. The Bertz CT molecular complexity index is 657. The van der Waals surface area contributed by atoms with Gasteiger partial charge in [-0.15, -0.1) is 0 Å². The maximum atomic E-state index is 12.6. The summed E-state index contributed by atoms with van der Waals surface area (Å²) in [6.45, 7) is 1.23. The number of carbonyl (C=O) groups excluding carboxylic acids is 1. The Morgan fingerprint density at radius 2 is 2.20 bits per heavy atom. The largest absolute Gasteiger partial charge is 0.505 e. The number of rotatable bonds is 2. The quantitative estimate of drug-likeness (QED) is 0.866. The predicted octanol–water partition coefficient (Wildman–Crippen LogP) is 1.39. The van der Waals surface area contributed by atoms with Crippen LogP contribution in [-0.2, 0) is 0 Å². The maximum absolute atomic E-state index is 12.6. The van der Waals surface area contributed by atoms with Crippen molar-refractivity contribution in [1.82, 2.24) is 9.88 Å². The minimum atomic E-state index is -0.197. The Labute approximate surface area is 116 Å². The summed E-state index contributed by atoms with van der Waals surface area (Å²) >= 11 is 0. The van der Waals surface area contributed by atoms with Gasteiger partial charge in [-0.2, -0.15) is 0 Å². The first-order valence-electron chi connectivity index (χ1n) is 6.67. The van der Waals surface area contributed by atoms with Gasteiger partial charge in [0.15, 0.2) is 0 Å². The normalized spacial score (nSPS) is 18.6. The van der Waals surface area contributed by atoms with Gasteiger partial charge in [0.05, 0.1) is 17.3 Å². The molecule has 0 radical (unpaired) electrons. The molecule has 0 bridgehead atoms. The number of aromatic nitrogens is 1. The van der Waals surface area contributed by atoms with Crippen molar-refractivity contribution >= 4 is 16.8 Å². The molecular formula is C15H16N2O3. The van der Waals surface area contributed by atoms with E-state index in [1.165, 1.54) is 6.20 Å². The lowest BCUT2D eigenvalue weighted by Gasteiger charge is -2.18. The van der Waals surface area contributed by atoms with Crippen molar-refractivity contribution in [3.05, 3.63) is 36.0 Å². The monoisotopic (exact) mass is 272 g/mol. The number of hydrogen-bond donors (Lipinski definition) is 2. The van der Waals surface area contributed by atoms with E-state index in [0.29, 0.717) is 29.6 Å². The third kappa shape index (κ3) is 2.10. The number of nitrogens with zero attached hydrogens (tertiary/aromatic N) is 2. The summed E-state index contributed by atoms with van der Waals surface area (Å²) in [5.41, 5.74) is 0.987. The van der Waals surface area contributed by atoms with E-state index in [1.54, 1.807) is 11.0 Å². The van der Waals surface area contributed by atoms with Gasteiger partial charge in [-0.1, -0.05) is 18.2 Å². The van der Waals surface area contributed by atoms with Crippen LogP contribution in [0.4, 0.5) is 0 Å². The van der Waals surface area contributed by atoms with Crippen molar-refractivity contribution in [2.75, 3.05) is 19.7 Å². The van der Waals surface area contributed by atoms with E-state index in [2.05, 4.69) is 4.98 Å². The summed E-state index contributed by atoms with van der Waals surface area (Å²) in [4.78, 5) is 18.4. The third-order valence-corrected chi connectivity index (χ3v) is 3.80. The van der Waals surface area contributed by atoms with Crippen LogP contribution in [-0.4, -0.2) is 45.7 Å². The Hall–Kier alpha value is -2.14. The molecule has 0 aliphatic carbocycles. The standard InChI is InChI=1S/C15H16N2O3/c18-9-10-5-6-17(8-10)15(20)14-11-3-1-2-4-12(11)16-7-13(14)19/h1-4,7,10,18-19H,5-6,8-9H2. The zero-order valence-electron chi connectivity index (χ0n) is 11.0. The summed E-state index contributed by atoms with van der Waals surface area (Å²) in [6, 6.07) is 7.26. The summed E-state index contributed by atoms with van der Waals surface area (Å²) in [5, 5.41) is 19.8. The minimum Gasteiger partial charge on any atom is -0.505 e. The van der Waals surface area contributed by atoms with E-state index < -0.39 is 0 Å². The van der Waals surface area contributed by atoms with Crippen LogP contribution in [0.25, 0.3) is 10.9 Å². The van der Waals surface area contributed by atoms with E-state index in [4.69, 9.17) is 5.11 Å². The molecule has 1 amide bonds. The SMILES string of the molecule is O=C(c1c(O)cnc2ccccc12)N1CCC(CO)C1. The number of para-hydroxylation sites is 1. The van der Waals surface area contributed by atoms with E-state index in [-0.39, 0.29) is 24.2 Å². The van der Waals surface area contributed by atoms with Gasteiger partial charge in [0.25, 0.3) is 5.91 Å². The molecule has 1 unspecified atom stereocenters. The van der Waals surface area contributed by atoms with Crippen LogP contribution in [0.1, 0.15) is 16.8 Å². The van der Waals surface area contributed by atoms with Gasteiger partial charge in [0, 0.05) is 31.0 Å². The number of aliphatic hydroxyl groups is 1. The summed E-state index contributed by atoms with van der Waals surface area (Å²) in [7, 11) is 0. The molecule has 0 spiro atoms. The van der Waals surface area contributed by atoms with Crippen LogP contribution in [0.2, 0.25) is 0 Å². The van der Waals surface area contributed by atoms with Gasteiger partial charge in [-0.3, -0.25) is 9.78 Å². The first kappa shape index (κ1) is 12.9. The molecule has 2 heterocycles. The molecule has 1 aliphatic heterocycles. The Morgan fingerprint density at radius 3 is 2.95 bits per heavy atom. The van der Waals surface area contributed by atoms with Gasteiger partial charge in [-0.05, 0) is 12.5 Å². The first-order chi connectivity index (χ1) is 9.70. The molecule has 20 heavy (non-hydrogen) atoms. The van der Waals surface area contributed by atoms with Crippen LogP contribution >= 0.6 is 0 Å². The summed E-state index contributed by atoms with van der Waals surface area (Å²) in [5.74, 6) is -0.160. The molecule has 2 N–H and O–H groups in total. The Balaban J connectivity index is 2.01. The number of hydrogen-bond acceptors (Lipinski definition) is 4. The van der Waals surface area contributed by atoms with E-state index in [0.717, 1.165) is 6.42 Å². The molecule has 1 atom stereocenters. The predicted molar refractivity (Wildman–Crippen MR) is 74.5 cm³/mol. The summed E-state index contributed by atoms with van der Waals surface area (Å²) < 4.78 is 0. The molecule has 1 aliphatic rings. The highest BCUT2D eigenvalue weighted by atomic mass is 16.3. The molecule has 0 saturated carbocycles. The molecule has 1 fully saturated rings. The smallest absolute Gasteiger partial charge is 0.258 e. The maximum Gasteiger partial charge on any atom is 0.258 e.